The van der Waals surface area contributed by atoms with E-state index in [1.54, 1.807) is 25.3 Å². The molecule has 1 aliphatic rings. The molecule has 0 amide bonds. The number of fused-ring (bicyclic) bond motifs is 1. The second-order valence-corrected chi connectivity index (χ2v) is 11.8. The van der Waals surface area contributed by atoms with Gasteiger partial charge in [-0.2, -0.15) is 0 Å². The van der Waals surface area contributed by atoms with Gasteiger partial charge >= 0.3 is 5.97 Å². The molecule has 5 atom stereocenters. The summed E-state index contributed by atoms with van der Waals surface area (Å²) in [6.07, 6.45) is -4.09. The maximum absolute atomic E-state index is 12.6. The summed E-state index contributed by atoms with van der Waals surface area (Å²) < 4.78 is 43.7. The number of esters is 1. The first kappa shape index (κ1) is 33.8. The van der Waals surface area contributed by atoms with Crippen LogP contribution in [0.25, 0.3) is 10.8 Å². The molecule has 9 nitrogen and oxygen atoms in total. The van der Waals surface area contributed by atoms with Gasteiger partial charge in [-0.3, -0.25) is 4.79 Å². The normalized spacial score (nSPS) is 20.4. The van der Waals surface area contributed by atoms with E-state index >= 15 is 0 Å². The zero-order chi connectivity index (χ0) is 34.2. The highest BCUT2D eigenvalue weighted by molar-refractivity contribution is 6.01. The summed E-state index contributed by atoms with van der Waals surface area (Å²) in [5.41, 5.74) is 2.90. The lowest BCUT2D eigenvalue weighted by Gasteiger charge is -2.44. The number of phenols is 1. The van der Waals surface area contributed by atoms with Gasteiger partial charge in [0.1, 0.15) is 41.8 Å². The van der Waals surface area contributed by atoms with Gasteiger partial charge in [0.05, 0.1) is 37.2 Å². The molecule has 1 saturated heterocycles. The van der Waals surface area contributed by atoms with Gasteiger partial charge in [0.25, 0.3) is 0 Å². The number of rotatable bonds is 13. The van der Waals surface area contributed by atoms with Crippen molar-refractivity contribution in [1.82, 2.24) is 0 Å². The second kappa shape index (κ2) is 15.9. The van der Waals surface area contributed by atoms with E-state index in [0.717, 1.165) is 16.7 Å². The average Bonchev–Trinajstić information content (AvgIpc) is 3.12. The molecule has 0 unspecified atom stereocenters. The molecular formula is C40H40O9. The molecule has 0 aliphatic carbocycles. The summed E-state index contributed by atoms with van der Waals surface area (Å²) >= 11 is 0. The van der Waals surface area contributed by atoms with Crippen LogP contribution in [0.1, 0.15) is 30.5 Å². The van der Waals surface area contributed by atoms with Gasteiger partial charge in [0.15, 0.2) is 6.10 Å². The van der Waals surface area contributed by atoms with Crippen molar-refractivity contribution in [2.75, 3.05) is 7.11 Å². The van der Waals surface area contributed by atoms with E-state index in [2.05, 4.69) is 0 Å². The summed E-state index contributed by atoms with van der Waals surface area (Å²) in [4.78, 5) is 12.6. The van der Waals surface area contributed by atoms with Gasteiger partial charge in [-0.05, 0) is 47.9 Å². The molecule has 1 heterocycles. The second-order valence-electron chi connectivity index (χ2n) is 11.8. The molecule has 0 radical (unpaired) electrons. The van der Waals surface area contributed by atoms with Gasteiger partial charge in [-0.15, -0.1) is 0 Å². The molecule has 0 aromatic heterocycles. The average molecular weight is 665 g/mol. The van der Waals surface area contributed by atoms with Crippen LogP contribution in [0, 0.1) is 0 Å². The van der Waals surface area contributed by atoms with Crippen LogP contribution >= 0.6 is 0 Å². The lowest BCUT2D eigenvalue weighted by atomic mass is 9.98. The van der Waals surface area contributed by atoms with Crippen LogP contribution in [0.4, 0.5) is 0 Å². The predicted molar refractivity (Wildman–Crippen MR) is 183 cm³/mol. The minimum atomic E-state index is -1.12. The molecular weight excluding hydrogens is 624 g/mol. The molecule has 0 bridgehead atoms. The molecule has 5 aromatic rings. The van der Waals surface area contributed by atoms with Crippen molar-refractivity contribution in [3.63, 3.8) is 0 Å². The molecule has 1 fully saturated rings. The lowest BCUT2D eigenvalue weighted by molar-refractivity contribution is -0.292. The number of hydrogen-bond acceptors (Lipinski definition) is 9. The summed E-state index contributed by atoms with van der Waals surface area (Å²) in [6, 6.07) is 35.9. The summed E-state index contributed by atoms with van der Waals surface area (Å²) in [5.74, 6) is 0.662. The summed E-state index contributed by atoms with van der Waals surface area (Å²) in [5, 5.41) is 12.1. The van der Waals surface area contributed by atoms with Crippen LogP contribution in [0.5, 0.6) is 23.0 Å². The van der Waals surface area contributed by atoms with Crippen LogP contribution in [-0.2, 0) is 43.6 Å². The van der Waals surface area contributed by atoms with Gasteiger partial charge in [0.2, 0.25) is 6.29 Å². The van der Waals surface area contributed by atoms with E-state index < -0.39 is 36.7 Å². The molecule has 49 heavy (non-hydrogen) atoms. The van der Waals surface area contributed by atoms with E-state index in [1.807, 2.05) is 97.9 Å². The number of benzene rings is 5. The van der Waals surface area contributed by atoms with Crippen LogP contribution in [0.15, 0.2) is 115 Å². The van der Waals surface area contributed by atoms with E-state index in [9.17, 15) is 9.90 Å². The van der Waals surface area contributed by atoms with Crippen LogP contribution in [-0.4, -0.2) is 48.9 Å². The Balaban J connectivity index is 1.34. The Morgan fingerprint density at radius 3 is 1.76 bits per heavy atom. The van der Waals surface area contributed by atoms with Crippen molar-refractivity contribution < 1.29 is 43.1 Å². The largest absolute Gasteiger partial charge is 0.507 e. The van der Waals surface area contributed by atoms with Crippen molar-refractivity contribution in [3.05, 3.63) is 132 Å². The fraction of sp³-hybridized carbons (Fsp3) is 0.275. The van der Waals surface area contributed by atoms with Crippen molar-refractivity contribution >= 4 is 16.7 Å². The van der Waals surface area contributed by atoms with Gasteiger partial charge in [-0.1, -0.05) is 91.0 Å². The van der Waals surface area contributed by atoms with E-state index in [0.29, 0.717) is 35.5 Å². The molecule has 9 heteroatoms. The molecule has 1 N–H and O–H groups in total. The fourth-order valence-corrected chi connectivity index (χ4v) is 5.97. The van der Waals surface area contributed by atoms with Gasteiger partial charge < -0.3 is 38.3 Å². The maximum atomic E-state index is 12.6. The standard InChI is InChI=1S/C40H40O9/c1-26-37(45-24-29-15-9-5-10-16-29)38(46-25-30-17-11-6-12-18-30)39(48-27(2)41)40(47-26)49-34-22-21-33(44-23-28-13-7-4-8-14-28)36-32(43-3)20-19-31(42)35(34)36/h4-22,26,37-40,42H,23-25H2,1-3H3/t26-,37-,38+,39+,40-/m0/s1. The number of hydrogen-bond donors (Lipinski definition) is 1. The molecule has 254 valence electrons. The molecule has 0 saturated carbocycles. The summed E-state index contributed by atoms with van der Waals surface area (Å²) in [7, 11) is 1.55. The van der Waals surface area contributed by atoms with E-state index in [4.69, 9.17) is 33.2 Å². The molecule has 6 rings (SSSR count). The monoisotopic (exact) mass is 664 g/mol. The van der Waals surface area contributed by atoms with E-state index in [-0.39, 0.29) is 18.1 Å². The van der Waals surface area contributed by atoms with Gasteiger partial charge in [-0.25, -0.2) is 0 Å². The Morgan fingerprint density at radius 1 is 0.653 bits per heavy atom. The van der Waals surface area contributed by atoms with Crippen LogP contribution < -0.4 is 14.2 Å². The zero-order valence-corrected chi connectivity index (χ0v) is 27.7. The topological polar surface area (TPSA) is 102 Å². The number of ether oxygens (including phenoxy) is 7. The van der Waals surface area contributed by atoms with Crippen molar-refractivity contribution in [2.24, 2.45) is 0 Å². The fourth-order valence-electron chi connectivity index (χ4n) is 5.97. The Labute approximate surface area is 285 Å². The number of carbonyl (C=O) groups excluding carboxylic acids is 1. The first-order chi connectivity index (χ1) is 23.9. The van der Waals surface area contributed by atoms with E-state index in [1.165, 1.54) is 13.0 Å². The van der Waals surface area contributed by atoms with Crippen LogP contribution in [0.2, 0.25) is 0 Å². The minimum Gasteiger partial charge on any atom is -0.507 e. The van der Waals surface area contributed by atoms with Crippen molar-refractivity contribution in [2.45, 2.75) is 64.4 Å². The summed E-state index contributed by atoms with van der Waals surface area (Å²) in [6.45, 7) is 4.04. The first-order valence-corrected chi connectivity index (χ1v) is 16.2. The smallest absolute Gasteiger partial charge is 0.303 e. The minimum absolute atomic E-state index is 0.0511. The quantitative estimate of drug-likeness (QED) is 0.129. The zero-order valence-electron chi connectivity index (χ0n) is 27.7. The highest BCUT2D eigenvalue weighted by atomic mass is 16.7. The van der Waals surface area contributed by atoms with Crippen molar-refractivity contribution in [3.8, 4) is 23.0 Å². The van der Waals surface area contributed by atoms with Crippen molar-refractivity contribution in [1.29, 1.82) is 0 Å². The third-order valence-electron chi connectivity index (χ3n) is 8.32. The van der Waals surface area contributed by atoms with Gasteiger partial charge in [0, 0.05) is 6.92 Å². The Kier molecular flexibility index (Phi) is 10.9. The third-order valence-corrected chi connectivity index (χ3v) is 8.32. The number of aromatic hydroxyl groups is 1. The third kappa shape index (κ3) is 8.14. The van der Waals surface area contributed by atoms with Crippen LogP contribution in [0.3, 0.4) is 0 Å². The number of phenolic OH excluding ortho intramolecular Hbond substituents is 1. The number of carbonyl (C=O) groups is 1. The highest BCUT2D eigenvalue weighted by Crippen LogP contribution is 2.45. The Hall–Kier alpha value is -5.09. The lowest BCUT2D eigenvalue weighted by Crippen LogP contribution is -2.61. The number of methoxy groups -OCH3 is 1. The first-order valence-electron chi connectivity index (χ1n) is 16.2. The molecule has 0 spiro atoms. The highest BCUT2D eigenvalue weighted by Gasteiger charge is 2.49. The molecule has 1 aliphatic heterocycles. The Bertz CT molecular complexity index is 1810. The Morgan fingerprint density at radius 2 is 1.18 bits per heavy atom. The molecule has 5 aromatic carbocycles. The SMILES string of the molecule is COc1ccc(O)c2c(O[C@@H]3O[C@@H](C)[C@H](OCc4ccccc4)[C@@H](OCc4ccccc4)[C@H]3OC(C)=O)ccc(OCc3ccccc3)c12. The predicted octanol–water partition coefficient (Wildman–Crippen LogP) is 7.36. The maximum Gasteiger partial charge on any atom is 0.303 e.